The van der Waals surface area contributed by atoms with E-state index in [0.717, 1.165) is 0 Å². The Morgan fingerprint density at radius 3 is 2.71 bits per heavy atom. The summed E-state index contributed by atoms with van der Waals surface area (Å²) >= 11 is 1.22. The number of aromatic nitrogens is 1. The van der Waals surface area contributed by atoms with Crippen LogP contribution in [0.15, 0.2) is 5.38 Å². The number of anilines is 1. The number of primary amides is 1. The van der Waals surface area contributed by atoms with Gasteiger partial charge in [-0.2, -0.15) is 0 Å². The molecule has 1 rings (SSSR count). The molecule has 0 bridgehead atoms. The third-order valence-electron chi connectivity index (χ3n) is 1.51. The first-order valence-electron chi connectivity index (χ1n) is 4.99. The Bertz CT molecular complexity index is 423. The number of carbonyl (C=O) groups is 2. The summed E-state index contributed by atoms with van der Waals surface area (Å²) in [6.45, 7) is 5.31. The predicted molar refractivity (Wildman–Crippen MR) is 64.9 cm³/mol. The fourth-order valence-corrected chi connectivity index (χ4v) is 1.71. The van der Waals surface area contributed by atoms with E-state index in [-0.39, 0.29) is 6.42 Å². The third-order valence-corrected chi connectivity index (χ3v) is 2.32. The lowest BCUT2D eigenvalue weighted by Crippen LogP contribution is -2.27. The van der Waals surface area contributed by atoms with Crippen molar-refractivity contribution in [2.45, 2.75) is 32.8 Å². The molecular formula is C10H15N3O3S. The molecule has 2 amide bonds. The van der Waals surface area contributed by atoms with Crippen molar-refractivity contribution in [1.82, 2.24) is 4.98 Å². The fourth-order valence-electron chi connectivity index (χ4n) is 1.02. The van der Waals surface area contributed by atoms with Gasteiger partial charge in [-0.1, -0.05) is 0 Å². The van der Waals surface area contributed by atoms with Crippen molar-refractivity contribution in [3.8, 4) is 0 Å². The van der Waals surface area contributed by atoms with Crippen LogP contribution in [0.3, 0.4) is 0 Å². The van der Waals surface area contributed by atoms with Gasteiger partial charge in [0.1, 0.15) is 5.60 Å². The number of nitrogens with one attached hydrogen (secondary N) is 1. The molecule has 3 N–H and O–H groups in total. The van der Waals surface area contributed by atoms with E-state index in [9.17, 15) is 9.59 Å². The molecule has 0 saturated carbocycles. The lowest BCUT2D eigenvalue weighted by Gasteiger charge is -2.18. The molecule has 0 unspecified atom stereocenters. The Labute approximate surface area is 103 Å². The molecule has 0 saturated heterocycles. The van der Waals surface area contributed by atoms with Gasteiger partial charge in [-0.05, 0) is 20.8 Å². The SMILES string of the molecule is CC(C)(C)OC(=O)Nc1nc(CC(N)=O)cs1. The molecule has 0 aliphatic heterocycles. The number of thiazole rings is 1. The first-order chi connectivity index (χ1) is 7.76. The molecule has 1 aromatic rings. The molecule has 1 aromatic heterocycles. The molecule has 6 nitrogen and oxygen atoms in total. The largest absolute Gasteiger partial charge is 0.444 e. The zero-order chi connectivity index (χ0) is 13.1. The Morgan fingerprint density at radius 2 is 2.18 bits per heavy atom. The van der Waals surface area contributed by atoms with Crippen LogP contribution >= 0.6 is 11.3 Å². The van der Waals surface area contributed by atoms with E-state index in [1.165, 1.54) is 11.3 Å². The predicted octanol–water partition coefficient (Wildman–Crippen LogP) is 1.52. The highest BCUT2D eigenvalue weighted by Gasteiger charge is 2.17. The second-order valence-corrected chi connectivity index (χ2v) is 5.27. The van der Waals surface area contributed by atoms with E-state index in [0.29, 0.717) is 10.8 Å². The second-order valence-electron chi connectivity index (χ2n) is 4.41. The van der Waals surface area contributed by atoms with Crippen molar-refractivity contribution in [1.29, 1.82) is 0 Å². The van der Waals surface area contributed by atoms with Gasteiger partial charge in [-0.3, -0.25) is 10.1 Å². The molecule has 94 valence electrons. The van der Waals surface area contributed by atoms with Gasteiger partial charge in [0.05, 0.1) is 12.1 Å². The van der Waals surface area contributed by atoms with Crippen LogP contribution in [0.2, 0.25) is 0 Å². The normalized spacial score (nSPS) is 11.0. The Balaban J connectivity index is 2.55. The van der Waals surface area contributed by atoms with E-state index in [2.05, 4.69) is 10.3 Å². The molecular weight excluding hydrogens is 242 g/mol. The van der Waals surface area contributed by atoms with Crippen LogP contribution < -0.4 is 11.1 Å². The van der Waals surface area contributed by atoms with Crippen LogP contribution in [0.25, 0.3) is 0 Å². The highest BCUT2D eigenvalue weighted by atomic mass is 32.1. The maximum absolute atomic E-state index is 11.4. The van der Waals surface area contributed by atoms with Gasteiger partial charge in [-0.15, -0.1) is 11.3 Å². The summed E-state index contributed by atoms with van der Waals surface area (Å²) in [4.78, 5) is 26.1. The summed E-state index contributed by atoms with van der Waals surface area (Å²) in [6, 6.07) is 0. The minimum atomic E-state index is -0.572. The van der Waals surface area contributed by atoms with Gasteiger partial charge in [0.25, 0.3) is 0 Å². The lowest BCUT2D eigenvalue weighted by atomic mass is 10.2. The zero-order valence-electron chi connectivity index (χ0n) is 9.94. The van der Waals surface area contributed by atoms with E-state index in [1.807, 2.05) is 0 Å². The number of ether oxygens (including phenoxy) is 1. The maximum atomic E-state index is 11.4. The van der Waals surface area contributed by atoms with Crippen molar-refractivity contribution >= 4 is 28.5 Å². The Kier molecular flexibility index (Phi) is 4.06. The van der Waals surface area contributed by atoms with Crippen LogP contribution in [-0.4, -0.2) is 22.6 Å². The van der Waals surface area contributed by atoms with E-state index < -0.39 is 17.6 Å². The van der Waals surface area contributed by atoms with Gasteiger partial charge in [0, 0.05) is 5.38 Å². The first-order valence-corrected chi connectivity index (χ1v) is 5.87. The minimum absolute atomic E-state index is 0.0620. The number of carbonyl (C=O) groups excluding carboxylic acids is 2. The van der Waals surface area contributed by atoms with Crippen molar-refractivity contribution in [2.24, 2.45) is 5.73 Å². The lowest BCUT2D eigenvalue weighted by molar-refractivity contribution is -0.117. The second kappa shape index (κ2) is 5.13. The van der Waals surface area contributed by atoms with Gasteiger partial charge < -0.3 is 10.5 Å². The molecule has 0 spiro atoms. The van der Waals surface area contributed by atoms with Crippen LogP contribution in [-0.2, 0) is 16.0 Å². The average molecular weight is 257 g/mol. The molecule has 7 heteroatoms. The van der Waals surface area contributed by atoms with E-state index in [4.69, 9.17) is 10.5 Å². The molecule has 0 aromatic carbocycles. The smallest absolute Gasteiger partial charge is 0.413 e. The summed E-state index contributed by atoms with van der Waals surface area (Å²) in [5.41, 5.74) is 5.01. The fraction of sp³-hybridized carbons (Fsp3) is 0.500. The zero-order valence-corrected chi connectivity index (χ0v) is 10.8. The number of hydrogen-bond acceptors (Lipinski definition) is 5. The number of nitrogens with zero attached hydrogens (tertiary/aromatic N) is 1. The summed E-state index contributed by atoms with van der Waals surface area (Å²) in [5, 5.41) is 4.54. The standard InChI is InChI=1S/C10H15N3O3S/c1-10(2,3)16-9(15)13-8-12-6(5-17-8)4-7(11)14/h5H,4H2,1-3H3,(H2,11,14)(H,12,13,15). The molecule has 0 fully saturated rings. The molecule has 0 radical (unpaired) electrons. The van der Waals surface area contributed by atoms with Crippen molar-refractivity contribution in [2.75, 3.05) is 5.32 Å². The summed E-state index contributed by atoms with van der Waals surface area (Å²) < 4.78 is 5.06. The summed E-state index contributed by atoms with van der Waals surface area (Å²) in [5.74, 6) is -0.459. The summed E-state index contributed by atoms with van der Waals surface area (Å²) in [6.07, 6.45) is -0.510. The molecule has 0 aliphatic carbocycles. The van der Waals surface area contributed by atoms with E-state index in [1.54, 1.807) is 26.2 Å². The number of amides is 2. The average Bonchev–Trinajstić information content (AvgIpc) is 2.46. The van der Waals surface area contributed by atoms with Gasteiger partial charge in [0.15, 0.2) is 5.13 Å². The van der Waals surface area contributed by atoms with Gasteiger partial charge in [-0.25, -0.2) is 9.78 Å². The number of rotatable bonds is 3. The molecule has 1 heterocycles. The van der Waals surface area contributed by atoms with E-state index >= 15 is 0 Å². The Morgan fingerprint density at radius 1 is 1.53 bits per heavy atom. The van der Waals surface area contributed by atoms with Crippen LogP contribution in [0, 0.1) is 0 Å². The first kappa shape index (κ1) is 13.4. The third kappa shape index (κ3) is 5.30. The van der Waals surface area contributed by atoms with Crippen LogP contribution in [0.5, 0.6) is 0 Å². The number of nitrogens with two attached hydrogens (primary N) is 1. The van der Waals surface area contributed by atoms with Gasteiger partial charge >= 0.3 is 6.09 Å². The highest BCUT2D eigenvalue weighted by Crippen LogP contribution is 2.17. The molecule has 0 aliphatic rings. The highest BCUT2D eigenvalue weighted by molar-refractivity contribution is 7.13. The number of hydrogen-bond donors (Lipinski definition) is 2. The summed E-state index contributed by atoms with van der Waals surface area (Å²) in [7, 11) is 0. The van der Waals surface area contributed by atoms with Crippen molar-refractivity contribution in [3.63, 3.8) is 0 Å². The minimum Gasteiger partial charge on any atom is -0.444 e. The molecule has 0 atom stereocenters. The van der Waals surface area contributed by atoms with Crippen LogP contribution in [0.4, 0.5) is 9.93 Å². The quantitative estimate of drug-likeness (QED) is 0.858. The topological polar surface area (TPSA) is 94.3 Å². The van der Waals surface area contributed by atoms with Crippen molar-refractivity contribution in [3.05, 3.63) is 11.1 Å². The Hall–Kier alpha value is -1.63. The van der Waals surface area contributed by atoms with Crippen molar-refractivity contribution < 1.29 is 14.3 Å². The van der Waals surface area contributed by atoms with Crippen LogP contribution in [0.1, 0.15) is 26.5 Å². The van der Waals surface area contributed by atoms with Gasteiger partial charge in [0.2, 0.25) is 5.91 Å². The molecule has 17 heavy (non-hydrogen) atoms. The monoisotopic (exact) mass is 257 g/mol. The maximum Gasteiger partial charge on any atom is 0.413 e.